The van der Waals surface area contributed by atoms with Crippen LogP contribution in [0.4, 0.5) is 14.5 Å². The summed E-state index contributed by atoms with van der Waals surface area (Å²) in [5.41, 5.74) is -0.501. The van der Waals surface area contributed by atoms with E-state index in [2.05, 4.69) is 5.32 Å². The number of benzene rings is 1. The molecule has 2 saturated carbocycles. The van der Waals surface area contributed by atoms with Gasteiger partial charge in [0.15, 0.2) is 0 Å². The number of halogens is 3. The van der Waals surface area contributed by atoms with E-state index < -0.39 is 23.5 Å². The van der Waals surface area contributed by atoms with Crippen LogP contribution in [0.15, 0.2) is 18.2 Å². The maximum atomic E-state index is 12.9. The molecule has 0 heterocycles. The topological polar surface area (TPSA) is 58.6 Å². The molecular formula is C19H24ClF2NO3. The molecule has 3 rings (SSSR count). The van der Waals surface area contributed by atoms with Gasteiger partial charge in [-0.05, 0) is 43.9 Å². The molecule has 2 N–H and O–H groups in total. The van der Waals surface area contributed by atoms with E-state index in [9.17, 15) is 18.7 Å². The van der Waals surface area contributed by atoms with Crippen molar-refractivity contribution in [3.8, 4) is 5.75 Å². The first-order chi connectivity index (χ1) is 12.2. The van der Waals surface area contributed by atoms with Gasteiger partial charge in [0.25, 0.3) is 5.92 Å². The molecule has 26 heavy (non-hydrogen) atoms. The summed E-state index contributed by atoms with van der Waals surface area (Å²) in [5, 5.41) is 13.2. The van der Waals surface area contributed by atoms with Gasteiger partial charge in [-0.3, -0.25) is 0 Å². The molecule has 1 aromatic carbocycles. The highest BCUT2D eigenvalue weighted by Gasteiger charge is 2.47. The van der Waals surface area contributed by atoms with Crippen LogP contribution in [-0.4, -0.2) is 28.6 Å². The van der Waals surface area contributed by atoms with Gasteiger partial charge >= 0.3 is 5.97 Å². The van der Waals surface area contributed by atoms with Crippen LogP contribution in [0.3, 0.4) is 0 Å². The van der Waals surface area contributed by atoms with Crippen molar-refractivity contribution in [2.75, 3.05) is 5.32 Å². The minimum atomic E-state index is -2.65. The lowest BCUT2D eigenvalue weighted by Crippen LogP contribution is -2.50. The van der Waals surface area contributed by atoms with Gasteiger partial charge in [-0.1, -0.05) is 30.9 Å². The van der Waals surface area contributed by atoms with Gasteiger partial charge in [-0.2, -0.15) is 0 Å². The summed E-state index contributed by atoms with van der Waals surface area (Å²) in [4.78, 5) is 11.9. The van der Waals surface area contributed by atoms with Crippen molar-refractivity contribution in [3.05, 3.63) is 23.2 Å². The Morgan fingerprint density at radius 3 is 2.50 bits per heavy atom. The van der Waals surface area contributed by atoms with Gasteiger partial charge in [-0.15, -0.1) is 0 Å². The minimum absolute atomic E-state index is 0.0423. The van der Waals surface area contributed by atoms with Crippen molar-refractivity contribution < 1.29 is 23.4 Å². The fraction of sp³-hybridized carbons (Fsp3) is 0.632. The Morgan fingerprint density at radius 1 is 1.31 bits per heavy atom. The largest absolute Gasteiger partial charge is 0.488 e. The second-order valence-electron chi connectivity index (χ2n) is 7.62. The molecule has 1 aromatic rings. The molecule has 2 fully saturated rings. The summed E-state index contributed by atoms with van der Waals surface area (Å²) in [6, 6.07) is 4.88. The number of nitrogens with one attached hydrogen (secondary N) is 1. The van der Waals surface area contributed by atoms with E-state index in [1.54, 1.807) is 25.1 Å². The summed E-state index contributed by atoms with van der Waals surface area (Å²) in [6.45, 7) is 1.71. The lowest BCUT2D eigenvalue weighted by Gasteiger charge is -2.38. The number of alkyl halides is 2. The van der Waals surface area contributed by atoms with Gasteiger partial charge in [0.1, 0.15) is 17.4 Å². The van der Waals surface area contributed by atoms with Crippen molar-refractivity contribution in [3.63, 3.8) is 0 Å². The molecule has 0 spiro atoms. The molecule has 2 aliphatic carbocycles. The first-order valence-electron chi connectivity index (χ1n) is 9.05. The fourth-order valence-electron chi connectivity index (χ4n) is 3.85. The molecule has 0 aromatic heterocycles. The zero-order chi connectivity index (χ0) is 18.9. The number of carboxylic acids is 1. The number of aliphatic carboxylic acids is 1. The Labute approximate surface area is 156 Å². The van der Waals surface area contributed by atoms with Crippen LogP contribution in [-0.2, 0) is 4.79 Å². The molecule has 0 amide bonds. The number of rotatable bonds is 6. The number of hydrogen-bond donors (Lipinski definition) is 2. The van der Waals surface area contributed by atoms with Gasteiger partial charge in [-0.25, -0.2) is 13.6 Å². The van der Waals surface area contributed by atoms with Crippen LogP contribution in [0, 0.1) is 5.92 Å². The second kappa shape index (κ2) is 7.22. The number of anilines is 1. The molecule has 4 nitrogen and oxygen atoms in total. The van der Waals surface area contributed by atoms with Crippen molar-refractivity contribution in [2.24, 2.45) is 5.92 Å². The third-order valence-corrected chi connectivity index (χ3v) is 5.84. The smallest absolute Gasteiger partial charge is 0.329 e. The maximum absolute atomic E-state index is 12.9. The molecule has 1 atom stereocenters. The Hall–Kier alpha value is -1.56. The highest BCUT2D eigenvalue weighted by molar-refractivity contribution is 6.32. The summed E-state index contributed by atoms with van der Waals surface area (Å²) in [6.07, 6.45) is 3.83. The zero-order valence-electron chi connectivity index (χ0n) is 14.7. The average molecular weight is 388 g/mol. The lowest BCUT2D eigenvalue weighted by atomic mass is 9.75. The van der Waals surface area contributed by atoms with Crippen LogP contribution in [0.2, 0.25) is 5.02 Å². The molecule has 0 radical (unpaired) electrons. The quantitative estimate of drug-likeness (QED) is 0.690. The van der Waals surface area contributed by atoms with E-state index in [1.165, 1.54) is 0 Å². The van der Waals surface area contributed by atoms with Crippen molar-refractivity contribution in [2.45, 2.75) is 69.4 Å². The van der Waals surface area contributed by atoms with Crippen LogP contribution < -0.4 is 10.1 Å². The van der Waals surface area contributed by atoms with Gasteiger partial charge in [0.05, 0.1) is 5.02 Å². The van der Waals surface area contributed by atoms with E-state index >= 15 is 0 Å². The highest BCUT2D eigenvalue weighted by atomic mass is 35.5. The van der Waals surface area contributed by atoms with Gasteiger partial charge < -0.3 is 15.2 Å². The normalized spacial score (nSPS) is 22.9. The number of carbonyl (C=O) groups is 1. The van der Waals surface area contributed by atoms with Crippen molar-refractivity contribution in [1.29, 1.82) is 0 Å². The maximum Gasteiger partial charge on any atom is 0.329 e. The summed E-state index contributed by atoms with van der Waals surface area (Å²) in [5.74, 6) is -3.16. The Balaban J connectivity index is 1.70. The SMILES string of the molecule is CC(Nc1ccc(OC2CC(F)(F)C2)c(Cl)c1)(C(=O)O)C1CCCCC1. The van der Waals surface area contributed by atoms with Crippen LogP contribution in [0.25, 0.3) is 0 Å². The van der Waals surface area contributed by atoms with E-state index in [0.29, 0.717) is 11.4 Å². The zero-order valence-corrected chi connectivity index (χ0v) is 15.5. The molecule has 0 saturated heterocycles. The summed E-state index contributed by atoms with van der Waals surface area (Å²) in [7, 11) is 0. The standard InChI is InChI=1S/C19H24ClF2NO3/c1-18(17(24)25,12-5-3-2-4-6-12)23-13-7-8-16(15(20)9-13)26-14-10-19(21,22)11-14/h7-9,12,14,23H,2-6,10-11H2,1H3,(H,24,25). The second-order valence-corrected chi connectivity index (χ2v) is 8.02. The molecule has 7 heteroatoms. The Morgan fingerprint density at radius 2 is 1.96 bits per heavy atom. The Kier molecular flexibility index (Phi) is 5.33. The fourth-order valence-corrected chi connectivity index (χ4v) is 4.08. The summed E-state index contributed by atoms with van der Waals surface area (Å²) < 4.78 is 31.3. The van der Waals surface area contributed by atoms with Crippen LogP contribution in [0.5, 0.6) is 5.75 Å². The van der Waals surface area contributed by atoms with Crippen LogP contribution >= 0.6 is 11.6 Å². The van der Waals surface area contributed by atoms with Crippen LogP contribution in [0.1, 0.15) is 51.9 Å². The highest BCUT2D eigenvalue weighted by Crippen LogP contribution is 2.42. The van der Waals surface area contributed by atoms with Crippen molar-refractivity contribution >= 4 is 23.3 Å². The predicted octanol–water partition coefficient (Wildman–Crippen LogP) is 5.35. The third kappa shape index (κ3) is 4.05. The van der Waals surface area contributed by atoms with E-state index in [-0.39, 0.29) is 23.8 Å². The molecule has 0 aliphatic heterocycles. The third-order valence-electron chi connectivity index (χ3n) is 5.55. The van der Waals surface area contributed by atoms with E-state index in [4.69, 9.17) is 16.3 Å². The van der Waals surface area contributed by atoms with Gasteiger partial charge in [0.2, 0.25) is 0 Å². The average Bonchev–Trinajstić information content (AvgIpc) is 2.56. The Bertz CT molecular complexity index is 671. The first kappa shape index (κ1) is 19.2. The predicted molar refractivity (Wildman–Crippen MR) is 96.3 cm³/mol. The number of hydrogen-bond acceptors (Lipinski definition) is 3. The molecular weight excluding hydrogens is 364 g/mol. The minimum Gasteiger partial charge on any atom is -0.488 e. The number of ether oxygens (including phenoxy) is 1. The summed E-state index contributed by atoms with van der Waals surface area (Å²) >= 11 is 6.22. The number of carboxylic acid groups (broad SMARTS) is 1. The van der Waals surface area contributed by atoms with E-state index in [0.717, 1.165) is 32.1 Å². The molecule has 2 aliphatic rings. The van der Waals surface area contributed by atoms with E-state index in [1.807, 2.05) is 0 Å². The lowest BCUT2D eigenvalue weighted by molar-refractivity contribution is -0.144. The molecule has 0 bridgehead atoms. The first-order valence-corrected chi connectivity index (χ1v) is 9.43. The van der Waals surface area contributed by atoms with Crippen molar-refractivity contribution in [1.82, 2.24) is 0 Å². The molecule has 1 unspecified atom stereocenters. The van der Waals surface area contributed by atoms with Gasteiger partial charge in [0, 0.05) is 18.5 Å². The monoisotopic (exact) mass is 387 g/mol. The molecule has 144 valence electrons.